The number of aldehydes is 1. The minimum Gasteiger partial charge on any atom is -0.493 e. The Morgan fingerprint density at radius 2 is 2.08 bits per heavy atom. The molecule has 0 aromatic heterocycles. The summed E-state index contributed by atoms with van der Waals surface area (Å²) >= 11 is 0. The third-order valence-electron chi connectivity index (χ3n) is 6.89. The molecule has 3 aliphatic rings. The average Bonchev–Trinajstić information content (AvgIpc) is 3.53. The largest absolute Gasteiger partial charge is 0.493 e. The summed E-state index contributed by atoms with van der Waals surface area (Å²) in [6.45, 7) is 4.26. The van der Waals surface area contributed by atoms with E-state index in [1.807, 2.05) is 13.8 Å². The van der Waals surface area contributed by atoms with Gasteiger partial charge in [0.05, 0.1) is 31.8 Å². The first-order chi connectivity index (χ1) is 17.8. The van der Waals surface area contributed by atoms with E-state index in [0.29, 0.717) is 35.5 Å². The summed E-state index contributed by atoms with van der Waals surface area (Å²) in [5.74, 6) is -0.827. The van der Waals surface area contributed by atoms with Gasteiger partial charge in [-0.15, -0.1) is 0 Å². The van der Waals surface area contributed by atoms with Gasteiger partial charge in [-0.25, -0.2) is 0 Å². The van der Waals surface area contributed by atoms with E-state index in [9.17, 15) is 24.6 Å². The van der Waals surface area contributed by atoms with Crippen LogP contribution in [0, 0.1) is 0 Å². The van der Waals surface area contributed by atoms with Crippen LogP contribution in [0.2, 0.25) is 0 Å². The van der Waals surface area contributed by atoms with E-state index in [4.69, 9.17) is 14.2 Å². The van der Waals surface area contributed by atoms with E-state index in [0.717, 1.165) is 18.4 Å². The van der Waals surface area contributed by atoms with Gasteiger partial charge in [0.2, 0.25) is 11.8 Å². The molecule has 1 fully saturated rings. The number of carbonyl (C=O) groups is 3. The predicted octanol–water partition coefficient (Wildman–Crippen LogP) is 1.10. The number of benzene rings is 1. The quantitative estimate of drug-likeness (QED) is 0.330. The van der Waals surface area contributed by atoms with E-state index < -0.39 is 30.1 Å². The van der Waals surface area contributed by atoms with Gasteiger partial charge in [-0.3, -0.25) is 14.4 Å². The molecule has 5 atom stereocenters. The van der Waals surface area contributed by atoms with Crippen LogP contribution in [0.3, 0.4) is 0 Å². The summed E-state index contributed by atoms with van der Waals surface area (Å²) in [4.78, 5) is 39.8. The number of nitrogens with one attached hydrogen (secondary N) is 1. The van der Waals surface area contributed by atoms with Gasteiger partial charge in [-0.1, -0.05) is 5.57 Å². The summed E-state index contributed by atoms with van der Waals surface area (Å²) in [5, 5.41) is 23.5. The molecule has 10 heteroatoms. The second-order valence-electron chi connectivity index (χ2n) is 9.75. The normalized spacial score (nSPS) is 25.8. The van der Waals surface area contributed by atoms with Crippen molar-refractivity contribution in [2.45, 2.75) is 57.0 Å². The van der Waals surface area contributed by atoms with E-state index in [-0.39, 0.29) is 37.3 Å². The van der Waals surface area contributed by atoms with Crippen LogP contribution >= 0.6 is 0 Å². The molecule has 3 N–H and O–H groups in total. The number of fused-ring (bicyclic) bond motifs is 3. The number of aliphatic hydroxyl groups is 2. The Morgan fingerprint density at radius 3 is 2.70 bits per heavy atom. The Bertz CT molecular complexity index is 1100. The van der Waals surface area contributed by atoms with Gasteiger partial charge in [-0.05, 0) is 44.9 Å². The van der Waals surface area contributed by atoms with Gasteiger partial charge in [-0.2, -0.15) is 0 Å². The van der Waals surface area contributed by atoms with E-state index >= 15 is 0 Å². The fourth-order valence-corrected chi connectivity index (χ4v) is 5.25. The highest BCUT2D eigenvalue weighted by atomic mass is 16.5. The molecule has 0 spiro atoms. The van der Waals surface area contributed by atoms with Crippen molar-refractivity contribution in [3.8, 4) is 11.5 Å². The van der Waals surface area contributed by atoms with Crippen LogP contribution in [-0.4, -0.2) is 91.0 Å². The molecule has 2 heterocycles. The molecule has 4 rings (SSSR count). The van der Waals surface area contributed by atoms with Gasteiger partial charge in [0, 0.05) is 42.5 Å². The Balaban J connectivity index is 1.81. The Kier molecular flexibility index (Phi) is 8.31. The van der Waals surface area contributed by atoms with Gasteiger partial charge in [0.1, 0.15) is 18.5 Å². The molecule has 0 radical (unpaired) electrons. The van der Waals surface area contributed by atoms with Crippen molar-refractivity contribution >= 4 is 18.1 Å². The molecule has 1 saturated heterocycles. The maximum Gasteiger partial charge on any atom is 0.247 e. The molecule has 0 bridgehead atoms. The molecular weight excluding hydrogens is 480 g/mol. The van der Waals surface area contributed by atoms with Crippen molar-refractivity contribution < 1.29 is 38.8 Å². The number of aliphatic hydroxyl groups excluding tert-OH is 2. The zero-order valence-corrected chi connectivity index (χ0v) is 21.3. The molecule has 1 aliphatic carbocycles. The number of amides is 2. The smallest absolute Gasteiger partial charge is 0.247 e. The zero-order chi connectivity index (χ0) is 26.7. The van der Waals surface area contributed by atoms with Gasteiger partial charge >= 0.3 is 0 Å². The summed E-state index contributed by atoms with van der Waals surface area (Å²) in [7, 11) is 1.45. The maximum atomic E-state index is 13.3. The van der Waals surface area contributed by atoms with Crippen molar-refractivity contribution in [2.24, 2.45) is 0 Å². The lowest BCUT2D eigenvalue weighted by Gasteiger charge is -2.41. The molecule has 2 aliphatic heterocycles. The summed E-state index contributed by atoms with van der Waals surface area (Å²) < 4.78 is 17.4. The number of nitrogens with zero attached hydrogens (tertiary/aromatic N) is 1. The number of carbonyl (C=O) groups excluding carboxylic acids is 3. The highest BCUT2D eigenvalue weighted by Gasteiger charge is 2.51. The molecule has 0 saturated carbocycles. The lowest BCUT2D eigenvalue weighted by Crippen LogP contribution is -2.56. The third kappa shape index (κ3) is 5.41. The van der Waals surface area contributed by atoms with Crippen LogP contribution in [-0.2, 0) is 14.3 Å². The summed E-state index contributed by atoms with van der Waals surface area (Å²) in [6, 6.07) is 2.27. The SMILES string of the molecule is COc1cc(C=O)cc2c1O[C@@H]1[C@@H](O)[C@H](N(C[C@H]3CCCO3)C(=O)C=C(C)C)C=C(C(=O)NCCO)[C@H]21. The molecule has 37 heavy (non-hydrogen) atoms. The van der Waals surface area contributed by atoms with Crippen molar-refractivity contribution in [1.82, 2.24) is 10.2 Å². The summed E-state index contributed by atoms with van der Waals surface area (Å²) in [5.41, 5.74) is 1.95. The topological polar surface area (TPSA) is 135 Å². The first kappa shape index (κ1) is 26.8. The molecule has 200 valence electrons. The molecule has 0 unspecified atom stereocenters. The zero-order valence-electron chi connectivity index (χ0n) is 21.3. The van der Waals surface area contributed by atoms with Crippen molar-refractivity contribution in [2.75, 3.05) is 33.4 Å². The molecule has 1 aromatic rings. The van der Waals surface area contributed by atoms with Gasteiger partial charge in [0.25, 0.3) is 0 Å². The molecule has 10 nitrogen and oxygen atoms in total. The van der Waals surface area contributed by atoms with E-state index in [1.54, 1.807) is 12.1 Å². The van der Waals surface area contributed by atoms with Crippen LogP contribution < -0.4 is 14.8 Å². The Hall–Kier alpha value is -3.21. The summed E-state index contributed by atoms with van der Waals surface area (Å²) in [6.07, 6.45) is 3.16. The standard InChI is InChI=1S/C27H34N2O8/c1-15(2)9-22(32)29(13-17-5-4-8-36-17)20-12-19(27(34)28-6-7-30)23-18-10-16(14-31)11-21(35-3)25(18)37-26(23)24(20)33/h9-12,14,17,20,23-24,26,30,33H,4-8,13H2,1-3H3,(H,28,34)/t17-,20-,23+,24+,26+/m1/s1. The van der Waals surface area contributed by atoms with Crippen LogP contribution in [0.15, 0.2) is 35.4 Å². The second kappa shape index (κ2) is 11.5. The average molecular weight is 515 g/mol. The van der Waals surface area contributed by atoms with Crippen molar-refractivity contribution in [1.29, 1.82) is 0 Å². The van der Waals surface area contributed by atoms with Crippen LogP contribution in [0.1, 0.15) is 48.5 Å². The maximum absolute atomic E-state index is 13.3. The van der Waals surface area contributed by atoms with Crippen molar-refractivity contribution in [3.05, 3.63) is 46.6 Å². The van der Waals surface area contributed by atoms with Crippen LogP contribution in [0.25, 0.3) is 0 Å². The Morgan fingerprint density at radius 1 is 1.30 bits per heavy atom. The second-order valence-corrected chi connectivity index (χ2v) is 9.75. The first-order valence-corrected chi connectivity index (χ1v) is 12.5. The lowest BCUT2D eigenvalue weighted by molar-refractivity contribution is -0.134. The fraction of sp³-hybridized carbons (Fsp3) is 0.519. The Labute approximate surface area is 215 Å². The van der Waals surface area contributed by atoms with Gasteiger partial charge in [0.15, 0.2) is 11.5 Å². The number of allylic oxidation sites excluding steroid dienone is 1. The van der Waals surface area contributed by atoms with E-state index in [1.165, 1.54) is 24.2 Å². The predicted molar refractivity (Wildman–Crippen MR) is 134 cm³/mol. The van der Waals surface area contributed by atoms with Crippen molar-refractivity contribution in [3.63, 3.8) is 0 Å². The van der Waals surface area contributed by atoms with E-state index in [2.05, 4.69) is 5.32 Å². The minimum absolute atomic E-state index is 0.0303. The number of methoxy groups -OCH3 is 1. The number of hydrogen-bond acceptors (Lipinski definition) is 8. The highest BCUT2D eigenvalue weighted by Crippen LogP contribution is 2.51. The monoisotopic (exact) mass is 514 g/mol. The number of rotatable bonds is 9. The lowest BCUT2D eigenvalue weighted by atomic mass is 9.77. The molecular formula is C27H34N2O8. The molecule has 1 aromatic carbocycles. The number of hydrogen-bond donors (Lipinski definition) is 3. The highest BCUT2D eigenvalue weighted by molar-refractivity contribution is 5.97. The van der Waals surface area contributed by atoms with Gasteiger partial charge < -0.3 is 34.6 Å². The third-order valence-corrected chi connectivity index (χ3v) is 6.89. The van der Waals surface area contributed by atoms with Crippen LogP contribution in [0.4, 0.5) is 0 Å². The molecule has 2 amide bonds. The number of ether oxygens (including phenoxy) is 3. The minimum atomic E-state index is -1.19. The first-order valence-electron chi connectivity index (χ1n) is 12.5. The van der Waals surface area contributed by atoms with Crippen LogP contribution in [0.5, 0.6) is 11.5 Å². The fourth-order valence-electron chi connectivity index (χ4n) is 5.25.